The number of ether oxygens (including phenoxy) is 1. The maximum atomic E-state index is 12.3. The van der Waals surface area contributed by atoms with Gasteiger partial charge in [-0.25, -0.2) is 0 Å². The summed E-state index contributed by atoms with van der Waals surface area (Å²) >= 11 is 0. The normalized spacial score (nSPS) is 16.3. The summed E-state index contributed by atoms with van der Waals surface area (Å²) in [7, 11) is 0. The van der Waals surface area contributed by atoms with Gasteiger partial charge in [0.15, 0.2) is 5.78 Å². The second-order valence-electron chi connectivity index (χ2n) is 6.88. The molecule has 0 unspecified atom stereocenters. The number of carbonyl (C=O) groups excluding carboxylic acids is 2. The summed E-state index contributed by atoms with van der Waals surface area (Å²) in [4.78, 5) is 24.0. The summed E-state index contributed by atoms with van der Waals surface area (Å²) in [5.74, 6) is 1.17. The Morgan fingerprint density at radius 1 is 1.31 bits per heavy atom. The largest absolute Gasteiger partial charge is 0.493 e. The van der Waals surface area contributed by atoms with Crippen molar-refractivity contribution in [2.45, 2.75) is 40.2 Å². The first-order valence-electron chi connectivity index (χ1n) is 8.98. The zero-order valence-corrected chi connectivity index (χ0v) is 15.5. The highest BCUT2D eigenvalue weighted by Gasteiger charge is 2.20. The number of rotatable bonds is 5. The fourth-order valence-corrected chi connectivity index (χ4v) is 3.55. The number of amides is 1. The summed E-state index contributed by atoms with van der Waals surface area (Å²) < 4.78 is 7.38. The summed E-state index contributed by atoms with van der Waals surface area (Å²) in [6.07, 6.45) is 1.80. The van der Waals surface area contributed by atoms with Gasteiger partial charge in [0.25, 0.3) is 0 Å². The first-order valence-corrected chi connectivity index (χ1v) is 8.98. The minimum absolute atomic E-state index is 0.0243. The van der Waals surface area contributed by atoms with Crippen LogP contribution in [0.3, 0.4) is 0 Å². The van der Waals surface area contributed by atoms with Crippen LogP contribution in [-0.4, -0.2) is 34.6 Å². The van der Waals surface area contributed by atoms with Crippen LogP contribution >= 0.6 is 0 Å². The third-order valence-corrected chi connectivity index (χ3v) is 4.88. The molecule has 6 nitrogen and oxygen atoms in total. The second-order valence-corrected chi connectivity index (χ2v) is 6.88. The Balaban J connectivity index is 1.58. The van der Waals surface area contributed by atoms with Crippen molar-refractivity contribution in [3.63, 3.8) is 0 Å². The van der Waals surface area contributed by atoms with E-state index in [0.717, 1.165) is 24.3 Å². The van der Waals surface area contributed by atoms with Crippen molar-refractivity contribution >= 4 is 11.7 Å². The molecule has 1 N–H and O–H groups in total. The van der Waals surface area contributed by atoms with E-state index < -0.39 is 0 Å². The van der Waals surface area contributed by atoms with E-state index in [4.69, 9.17) is 4.74 Å². The summed E-state index contributed by atoms with van der Waals surface area (Å²) in [5, 5.41) is 7.33. The van der Waals surface area contributed by atoms with Crippen LogP contribution in [0, 0.1) is 19.8 Å². The van der Waals surface area contributed by atoms with E-state index in [0.29, 0.717) is 30.3 Å². The molecule has 1 aliphatic heterocycles. The van der Waals surface area contributed by atoms with E-state index in [1.165, 1.54) is 12.5 Å². The van der Waals surface area contributed by atoms with E-state index in [9.17, 15) is 9.59 Å². The molecule has 1 amide bonds. The molecule has 1 aliphatic rings. The van der Waals surface area contributed by atoms with Crippen molar-refractivity contribution in [2.24, 2.45) is 5.92 Å². The second kappa shape index (κ2) is 7.72. The van der Waals surface area contributed by atoms with Crippen molar-refractivity contribution in [3.05, 3.63) is 46.8 Å². The lowest BCUT2D eigenvalue weighted by Gasteiger charge is -2.15. The average Bonchev–Trinajstić information content (AvgIpc) is 2.77. The number of nitrogens with one attached hydrogen (secondary N) is 1. The monoisotopic (exact) mass is 355 g/mol. The van der Waals surface area contributed by atoms with Crippen LogP contribution in [-0.2, 0) is 17.8 Å². The summed E-state index contributed by atoms with van der Waals surface area (Å²) in [5.41, 5.74) is 3.20. The van der Waals surface area contributed by atoms with Gasteiger partial charge in [-0.15, -0.1) is 0 Å². The lowest BCUT2D eigenvalue weighted by molar-refractivity contribution is -0.122. The Hall–Kier alpha value is -2.63. The molecule has 0 fully saturated rings. The maximum Gasteiger partial charge on any atom is 0.241 e. The summed E-state index contributed by atoms with van der Waals surface area (Å²) in [6, 6.07) is 8.06. The van der Waals surface area contributed by atoms with Crippen molar-refractivity contribution < 1.29 is 14.3 Å². The summed E-state index contributed by atoms with van der Waals surface area (Å²) in [6.45, 7) is 6.53. The van der Waals surface area contributed by atoms with Gasteiger partial charge in [0.05, 0.1) is 17.9 Å². The van der Waals surface area contributed by atoms with Gasteiger partial charge in [0, 0.05) is 12.2 Å². The Kier molecular flexibility index (Phi) is 5.40. The predicted molar refractivity (Wildman–Crippen MR) is 98.5 cm³/mol. The van der Waals surface area contributed by atoms with E-state index in [1.54, 1.807) is 11.6 Å². The Labute approximate surface area is 153 Å². The van der Waals surface area contributed by atoms with Gasteiger partial charge in [-0.3, -0.25) is 14.3 Å². The molecule has 0 radical (unpaired) electrons. The van der Waals surface area contributed by atoms with Gasteiger partial charge in [-0.1, -0.05) is 18.2 Å². The number of hydrogen-bond donors (Lipinski definition) is 1. The quantitative estimate of drug-likeness (QED) is 0.836. The lowest BCUT2D eigenvalue weighted by atomic mass is 9.97. The number of carbonyl (C=O) groups is 2. The maximum absolute atomic E-state index is 12.3. The average molecular weight is 355 g/mol. The molecule has 138 valence electrons. The molecule has 0 saturated carbocycles. The number of benzene rings is 1. The van der Waals surface area contributed by atoms with Crippen LogP contribution in [0.15, 0.2) is 24.3 Å². The molecule has 0 saturated heterocycles. The first-order chi connectivity index (χ1) is 12.5. The molecule has 6 heteroatoms. The number of nitrogens with zero attached hydrogens (tertiary/aromatic N) is 2. The van der Waals surface area contributed by atoms with Gasteiger partial charge in [-0.05, 0) is 51.2 Å². The molecule has 2 aromatic rings. The minimum Gasteiger partial charge on any atom is -0.493 e. The van der Waals surface area contributed by atoms with Crippen LogP contribution in [0.2, 0.25) is 0 Å². The topological polar surface area (TPSA) is 73.2 Å². The third-order valence-electron chi connectivity index (χ3n) is 4.88. The predicted octanol–water partition coefficient (Wildman–Crippen LogP) is 2.46. The van der Waals surface area contributed by atoms with Crippen molar-refractivity contribution in [2.75, 3.05) is 13.2 Å². The highest BCUT2D eigenvalue weighted by molar-refractivity contribution is 5.96. The standard InChI is InChI=1S/C20H25N3O3/c1-13-20(15(3)24)14(2)23(22-13)12-19(25)21-11-16-8-9-26-18-7-5-4-6-17(18)10-16/h4-7,16H,8-12H2,1-3H3,(H,21,25)/t16-/m0/s1. The van der Waals surface area contributed by atoms with E-state index >= 15 is 0 Å². The van der Waals surface area contributed by atoms with Gasteiger partial charge in [-0.2, -0.15) is 5.10 Å². The third kappa shape index (κ3) is 3.95. The number of ketones is 1. The van der Waals surface area contributed by atoms with Gasteiger partial charge in [0.2, 0.25) is 5.91 Å². The van der Waals surface area contributed by atoms with Crippen LogP contribution in [0.5, 0.6) is 5.75 Å². The SMILES string of the molecule is CC(=O)c1c(C)nn(CC(=O)NC[C@H]2CCOc3ccccc3C2)c1C. The number of Topliss-reactive ketones (excluding diaryl/α,β-unsaturated/α-hetero) is 1. The minimum atomic E-state index is -0.0934. The number of fused-ring (bicyclic) bond motifs is 1. The zero-order chi connectivity index (χ0) is 18.7. The van der Waals surface area contributed by atoms with Crippen molar-refractivity contribution in [1.29, 1.82) is 0 Å². The highest BCUT2D eigenvalue weighted by atomic mass is 16.5. The molecule has 1 aromatic heterocycles. The molecule has 1 aromatic carbocycles. The van der Waals surface area contributed by atoms with E-state index in [-0.39, 0.29) is 18.2 Å². The van der Waals surface area contributed by atoms with E-state index in [1.807, 2.05) is 25.1 Å². The molecular formula is C20H25N3O3. The molecule has 2 heterocycles. The number of aromatic nitrogens is 2. The smallest absolute Gasteiger partial charge is 0.241 e. The molecule has 26 heavy (non-hydrogen) atoms. The fourth-order valence-electron chi connectivity index (χ4n) is 3.55. The highest BCUT2D eigenvalue weighted by Crippen LogP contribution is 2.26. The van der Waals surface area contributed by atoms with Gasteiger partial charge in [0.1, 0.15) is 12.3 Å². The number of aryl methyl sites for hydroxylation is 1. The van der Waals surface area contributed by atoms with Crippen molar-refractivity contribution in [3.8, 4) is 5.75 Å². The van der Waals surface area contributed by atoms with E-state index in [2.05, 4.69) is 16.5 Å². The van der Waals surface area contributed by atoms with Gasteiger partial charge >= 0.3 is 0 Å². The molecule has 1 atom stereocenters. The molecule has 0 bridgehead atoms. The Morgan fingerprint density at radius 3 is 2.81 bits per heavy atom. The Bertz CT molecular complexity index is 826. The zero-order valence-electron chi connectivity index (χ0n) is 15.5. The Morgan fingerprint density at radius 2 is 2.08 bits per heavy atom. The fraction of sp³-hybridized carbons (Fsp3) is 0.450. The van der Waals surface area contributed by atoms with Crippen LogP contribution in [0.25, 0.3) is 0 Å². The van der Waals surface area contributed by atoms with Crippen LogP contribution in [0.1, 0.15) is 40.7 Å². The molecular weight excluding hydrogens is 330 g/mol. The van der Waals surface area contributed by atoms with Gasteiger partial charge < -0.3 is 10.1 Å². The molecule has 3 rings (SSSR count). The number of para-hydroxylation sites is 1. The molecule has 0 spiro atoms. The lowest BCUT2D eigenvalue weighted by Crippen LogP contribution is -2.33. The molecule has 0 aliphatic carbocycles. The first kappa shape index (κ1) is 18.2. The van der Waals surface area contributed by atoms with Crippen molar-refractivity contribution in [1.82, 2.24) is 15.1 Å². The number of hydrogen-bond acceptors (Lipinski definition) is 4. The van der Waals surface area contributed by atoms with Crippen LogP contribution < -0.4 is 10.1 Å². The van der Waals surface area contributed by atoms with Crippen LogP contribution in [0.4, 0.5) is 0 Å².